The van der Waals surface area contributed by atoms with Crippen molar-refractivity contribution in [1.29, 1.82) is 0 Å². The summed E-state index contributed by atoms with van der Waals surface area (Å²) in [4.78, 5) is 16.5. The van der Waals surface area contributed by atoms with Gasteiger partial charge in [-0.2, -0.15) is 0 Å². The van der Waals surface area contributed by atoms with Gasteiger partial charge in [-0.3, -0.25) is 4.79 Å². The number of piperidine rings is 1. The SMILES string of the molecule is CN(C)CC1CCCN(C(=O)CCC2CCCO2)C1. The zero-order valence-electron chi connectivity index (χ0n) is 12.4. The van der Waals surface area contributed by atoms with Crippen LogP contribution in [-0.2, 0) is 9.53 Å². The zero-order valence-corrected chi connectivity index (χ0v) is 12.4. The maximum Gasteiger partial charge on any atom is 0.222 e. The fourth-order valence-electron chi connectivity index (χ4n) is 3.27. The fourth-order valence-corrected chi connectivity index (χ4v) is 3.27. The molecular weight excluding hydrogens is 240 g/mol. The lowest BCUT2D eigenvalue weighted by molar-refractivity contribution is -0.133. The molecule has 2 aliphatic heterocycles. The second kappa shape index (κ2) is 7.25. The highest BCUT2D eigenvalue weighted by molar-refractivity contribution is 5.76. The summed E-state index contributed by atoms with van der Waals surface area (Å²) in [5, 5.41) is 0. The molecule has 2 saturated heterocycles. The molecule has 2 fully saturated rings. The molecular formula is C15H28N2O2. The molecule has 0 radical (unpaired) electrons. The van der Waals surface area contributed by atoms with Gasteiger partial charge in [-0.25, -0.2) is 0 Å². The van der Waals surface area contributed by atoms with Gasteiger partial charge in [0.2, 0.25) is 5.91 Å². The van der Waals surface area contributed by atoms with E-state index >= 15 is 0 Å². The first-order valence-electron chi connectivity index (χ1n) is 7.69. The Morgan fingerprint density at radius 3 is 2.84 bits per heavy atom. The number of nitrogens with zero attached hydrogens (tertiary/aromatic N) is 2. The van der Waals surface area contributed by atoms with Crippen molar-refractivity contribution in [1.82, 2.24) is 9.80 Å². The molecule has 4 heteroatoms. The lowest BCUT2D eigenvalue weighted by Crippen LogP contribution is -2.42. The quantitative estimate of drug-likeness (QED) is 0.761. The Balaban J connectivity index is 1.71. The van der Waals surface area contributed by atoms with E-state index in [1.807, 2.05) is 0 Å². The molecule has 2 aliphatic rings. The van der Waals surface area contributed by atoms with Gasteiger partial charge in [-0.05, 0) is 52.1 Å². The van der Waals surface area contributed by atoms with Crippen LogP contribution >= 0.6 is 0 Å². The highest BCUT2D eigenvalue weighted by Crippen LogP contribution is 2.20. The van der Waals surface area contributed by atoms with E-state index in [4.69, 9.17) is 4.74 Å². The lowest BCUT2D eigenvalue weighted by atomic mass is 9.97. The molecule has 2 heterocycles. The zero-order chi connectivity index (χ0) is 13.7. The van der Waals surface area contributed by atoms with Crippen LogP contribution in [0.15, 0.2) is 0 Å². The minimum absolute atomic E-state index is 0.332. The normalized spacial score (nSPS) is 28.1. The van der Waals surface area contributed by atoms with E-state index in [0.29, 0.717) is 24.3 Å². The molecule has 1 amide bonds. The van der Waals surface area contributed by atoms with Gasteiger partial charge in [-0.15, -0.1) is 0 Å². The van der Waals surface area contributed by atoms with Crippen molar-refractivity contribution < 1.29 is 9.53 Å². The molecule has 2 atom stereocenters. The summed E-state index contributed by atoms with van der Waals surface area (Å²) >= 11 is 0. The molecule has 0 aromatic rings. The van der Waals surface area contributed by atoms with E-state index in [1.54, 1.807) is 0 Å². The number of hydrogen-bond acceptors (Lipinski definition) is 3. The second-order valence-electron chi connectivity index (χ2n) is 6.28. The Bertz CT molecular complexity index is 288. The third kappa shape index (κ3) is 4.77. The van der Waals surface area contributed by atoms with Crippen molar-refractivity contribution >= 4 is 5.91 Å². The van der Waals surface area contributed by atoms with Crippen molar-refractivity contribution in [2.75, 3.05) is 40.3 Å². The van der Waals surface area contributed by atoms with Gasteiger partial charge < -0.3 is 14.5 Å². The number of amides is 1. The van der Waals surface area contributed by atoms with Gasteiger partial charge in [0.25, 0.3) is 0 Å². The molecule has 0 N–H and O–H groups in total. The van der Waals surface area contributed by atoms with E-state index < -0.39 is 0 Å². The van der Waals surface area contributed by atoms with E-state index in [1.165, 1.54) is 6.42 Å². The van der Waals surface area contributed by atoms with Crippen LogP contribution < -0.4 is 0 Å². The molecule has 2 unspecified atom stereocenters. The lowest BCUT2D eigenvalue weighted by Gasteiger charge is -2.34. The van der Waals surface area contributed by atoms with E-state index in [2.05, 4.69) is 23.9 Å². The van der Waals surface area contributed by atoms with Gasteiger partial charge in [-0.1, -0.05) is 0 Å². The minimum atomic E-state index is 0.332. The summed E-state index contributed by atoms with van der Waals surface area (Å²) in [7, 11) is 4.22. The highest BCUT2D eigenvalue weighted by Gasteiger charge is 2.25. The van der Waals surface area contributed by atoms with E-state index in [-0.39, 0.29) is 0 Å². The summed E-state index contributed by atoms with van der Waals surface area (Å²) in [6.07, 6.45) is 6.63. The summed E-state index contributed by atoms with van der Waals surface area (Å²) in [5.41, 5.74) is 0. The third-order valence-corrected chi connectivity index (χ3v) is 4.20. The molecule has 0 aliphatic carbocycles. The molecule has 19 heavy (non-hydrogen) atoms. The van der Waals surface area contributed by atoms with Crippen LogP contribution in [0.1, 0.15) is 38.5 Å². The number of carbonyl (C=O) groups is 1. The number of carbonyl (C=O) groups excluding carboxylic acids is 1. The Hall–Kier alpha value is -0.610. The standard InChI is InChI=1S/C15H28N2O2/c1-16(2)11-13-5-3-9-17(12-13)15(18)8-7-14-6-4-10-19-14/h13-14H,3-12H2,1-2H3. The van der Waals surface area contributed by atoms with Gasteiger partial charge >= 0.3 is 0 Å². The van der Waals surface area contributed by atoms with Gasteiger partial charge in [0.15, 0.2) is 0 Å². The molecule has 2 rings (SSSR count). The average molecular weight is 268 g/mol. The molecule has 4 nitrogen and oxygen atoms in total. The predicted octanol–water partition coefficient (Wildman–Crippen LogP) is 1.75. The average Bonchev–Trinajstić information content (AvgIpc) is 2.88. The topological polar surface area (TPSA) is 32.8 Å². The first kappa shape index (κ1) is 14.8. The van der Waals surface area contributed by atoms with Crippen molar-refractivity contribution in [2.24, 2.45) is 5.92 Å². The fraction of sp³-hybridized carbons (Fsp3) is 0.933. The van der Waals surface area contributed by atoms with Crippen LogP contribution in [-0.4, -0.2) is 62.1 Å². The summed E-state index contributed by atoms with van der Waals surface area (Å²) in [5.74, 6) is 0.981. The van der Waals surface area contributed by atoms with Crippen LogP contribution in [0.2, 0.25) is 0 Å². The minimum Gasteiger partial charge on any atom is -0.378 e. The number of ether oxygens (including phenoxy) is 1. The van der Waals surface area contributed by atoms with Crippen molar-refractivity contribution in [3.8, 4) is 0 Å². The van der Waals surface area contributed by atoms with Crippen molar-refractivity contribution in [3.05, 3.63) is 0 Å². The van der Waals surface area contributed by atoms with Crippen LogP contribution in [0, 0.1) is 5.92 Å². The Kier molecular flexibility index (Phi) is 5.64. The van der Waals surface area contributed by atoms with Gasteiger partial charge in [0, 0.05) is 32.7 Å². The summed E-state index contributed by atoms with van der Waals surface area (Å²) in [6.45, 7) is 3.87. The van der Waals surface area contributed by atoms with Gasteiger partial charge in [0.05, 0.1) is 6.10 Å². The van der Waals surface area contributed by atoms with Crippen LogP contribution in [0.5, 0.6) is 0 Å². The highest BCUT2D eigenvalue weighted by atomic mass is 16.5. The molecule has 0 spiro atoms. The Labute approximate surface area is 117 Å². The number of hydrogen-bond donors (Lipinski definition) is 0. The first-order valence-corrected chi connectivity index (χ1v) is 7.69. The molecule has 0 saturated carbocycles. The predicted molar refractivity (Wildman–Crippen MR) is 76.1 cm³/mol. The largest absolute Gasteiger partial charge is 0.378 e. The summed E-state index contributed by atoms with van der Waals surface area (Å²) < 4.78 is 5.59. The summed E-state index contributed by atoms with van der Waals surface area (Å²) in [6, 6.07) is 0. The maximum absolute atomic E-state index is 12.2. The molecule has 0 aromatic heterocycles. The van der Waals surface area contributed by atoms with Crippen molar-refractivity contribution in [3.63, 3.8) is 0 Å². The van der Waals surface area contributed by atoms with Gasteiger partial charge in [0.1, 0.15) is 0 Å². The van der Waals surface area contributed by atoms with Crippen LogP contribution in [0.3, 0.4) is 0 Å². The Morgan fingerprint density at radius 2 is 2.16 bits per heavy atom. The van der Waals surface area contributed by atoms with E-state index in [0.717, 1.165) is 51.9 Å². The molecule has 110 valence electrons. The number of likely N-dealkylation sites (tertiary alicyclic amines) is 1. The van der Waals surface area contributed by atoms with Crippen LogP contribution in [0.25, 0.3) is 0 Å². The Morgan fingerprint density at radius 1 is 1.32 bits per heavy atom. The smallest absolute Gasteiger partial charge is 0.222 e. The van der Waals surface area contributed by atoms with Crippen molar-refractivity contribution in [2.45, 2.75) is 44.6 Å². The maximum atomic E-state index is 12.2. The second-order valence-corrected chi connectivity index (χ2v) is 6.28. The van der Waals surface area contributed by atoms with Crippen LogP contribution in [0.4, 0.5) is 0 Å². The first-order chi connectivity index (χ1) is 9.15. The third-order valence-electron chi connectivity index (χ3n) is 4.20. The number of rotatable bonds is 5. The monoisotopic (exact) mass is 268 g/mol. The molecule has 0 aromatic carbocycles. The van der Waals surface area contributed by atoms with E-state index in [9.17, 15) is 4.79 Å². The molecule has 0 bridgehead atoms.